The smallest absolute Gasteiger partial charge is 0.281 e. The number of H-pyrrole nitrogens is 1. The quantitative estimate of drug-likeness (QED) is 0.517. The average Bonchev–Trinajstić information content (AvgIpc) is 2.14. The molecule has 0 spiro atoms. The summed E-state index contributed by atoms with van der Waals surface area (Å²) in [5, 5.41) is 0. The van der Waals surface area contributed by atoms with Gasteiger partial charge in [-0.05, 0) is 18.5 Å². The molecule has 2 rings (SSSR count). The highest BCUT2D eigenvalue weighted by Crippen LogP contribution is 2.19. The third kappa shape index (κ3) is 1.23. The first-order valence-corrected chi connectivity index (χ1v) is 4.46. The molecule has 2 heterocycles. The third-order valence-electron chi connectivity index (χ3n) is 2.42. The van der Waals surface area contributed by atoms with E-state index in [1.165, 1.54) is 4.57 Å². The van der Waals surface area contributed by atoms with E-state index < -0.39 is 5.69 Å². The van der Waals surface area contributed by atoms with Crippen LogP contribution in [0.5, 0.6) is 0 Å². The van der Waals surface area contributed by atoms with Crippen LogP contribution in [0.4, 0.5) is 5.82 Å². The molecule has 1 N–H and O–H groups in total. The lowest BCUT2D eigenvalue weighted by Crippen LogP contribution is -2.32. The molecule has 6 heteroatoms. The molecule has 0 fully saturated rings. The van der Waals surface area contributed by atoms with Crippen molar-refractivity contribution in [3.63, 3.8) is 0 Å². The van der Waals surface area contributed by atoms with Crippen molar-refractivity contribution >= 4 is 19.3 Å². The third-order valence-corrected chi connectivity index (χ3v) is 2.42. The van der Waals surface area contributed by atoms with Gasteiger partial charge in [0.15, 0.2) is 7.85 Å². The number of nitrogens with one attached hydrogen (secondary N) is 1. The molecule has 0 saturated heterocycles. The maximum Gasteiger partial charge on any atom is 0.329 e. The van der Waals surface area contributed by atoms with Crippen LogP contribution in [0.3, 0.4) is 0 Å². The zero-order valence-electron chi connectivity index (χ0n) is 8.13. The molecule has 0 aliphatic carbocycles. The van der Waals surface area contributed by atoms with Crippen molar-refractivity contribution in [1.29, 1.82) is 0 Å². The minimum Gasteiger partial charge on any atom is -0.281 e. The lowest BCUT2D eigenvalue weighted by molar-refractivity contribution is 0.769. The summed E-state index contributed by atoms with van der Waals surface area (Å²) in [7, 11) is 3.51. The Bertz CT molecular complexity index is 526. The van der Waals surface area contributed by atoms with Crippen molar-refractivity contribution in [3.8, 4) is 0 Å². The van der Waals surface area contributed by atoms with Gasteiger partial charge >= 0.3 is 5.69 Å². The summed E-state index contributed by atoms with van der Waals surface area (Å²) in [6, 6.07) is 0. The molecule has 0 unspecified atom stereocenters. The highest BCUT2D eigenvalue weighted by molar-refractivity contribution is 6.60. The number of nitrogens with zero attached hydrogens (tertiary/aromatic N) is 2. The van der Waals surface area contributed by atoms with Crippen LogP contribution in [0.25, 0.3) is 0 Å². The average molecular weight is 191 g/mol. The summed E-state index contributed by atoms with van der Waals surface area (Å²) in [5.74, 6) is 0.502. The molecule has 0 amide bonds. The molecule has 0 saturated carbocycles. The molecule has 0 atom stereocenters. The Morgan fingerprint density at radius 2 is 2.14 bits per heavy atom. The van der Waals surface area contributed by atoms with Gasteiger partial charge in [-0.2, -0.15) is 0 Å². The first-order valence-electron chi connectivity index (χ1n) is 4.46. The van der Waals surface area contributed by atoms with Crippen LogP contribution in [-0.2, 0) is 13.5 Å². The number of aliphatic imine (C=N–C) groups is 1. The molecular weight excluding hydrogens is 181 g/mol. The van der Waals surface area contributed by atoms with Gasteiger partial charge in [-0.3, -0.25) is 14.3 Å². The SMILES string of the molecule is BC1=Nc2c(c(=O)[nH]c(=O)n2C)CC1. The van der Waals surface area contributed by atoms with E-state index in [0.717, 1.165) is 12.0 Å². The summed E-state index contributed by atoms with van der Waals surface area (Å²) in [6.45, 7) is 0. The summed E-state index contributed by atoms with van der Waals surface area (Å²) in [4.78, 5) is 29.2. The van der Waals surface area contributed by atoms with Gasteiger partial charge < -0.3 is 0 Å². The molecule has 0 bridgehead atoms. The van der Waals surface area contributed by atoms with Crippen LogP contribution in [0.15, 0.2) is 14.6 Å². The Hall–Kier alpha value is -1.59. The molecule has 1 aliphatic heterocycles. The monoisotopic (exact) mass is 191 g/mol. The predicted octanol–water partition coefficient (Wildman–Crippen LogP) is -1.32. The van der Waals surface area contributed by atoms with Crippen LogP contribution in [-0.4, -0.2) is 23.0 Å². The van der Waals surface area contributed by atoms with Gasteiger partial charge in [0.2, 0.25) is 0 Å². The van der Waals surface area contributed by atoms with E-state index in [-0.39, 0.29) is 5.56 Å². The van der Waals surface area contributed by atoms with Crippen LogP contribution in [0, 0.1) is 0 Å². The number of aromatic nitrogens is 2. The highest BCUT2D eigenvalue weighted by Gasteiger charge is 2.16. The van der Waals surface area contributed by atoms with E-state index in [0.29, 0.717) is 17.8 Å². The highest BCUT2D eigenvalue weighted by atomic mass is 16.2. The van der Waals surface area contributed by atoms with E-state index in [1.54, 1.807) is 7.05 Å². The van der Waals surface area contributed by atoms with Gasteiger partial charge in [-0.1, -0.05) is 0 Å². The van der Waals surface area contributed by atoms with Gasteiger partial charge in [0.1, 0.15) is 5.82 Å². The minimum atomic E-state index is -0.410. The van der Waals surface area contributed by atoms with Crippen molar-refractivity contribution in [3.05, 3.63) is 26.4 Å². The van der Waals surface area contributed by atoms with Crippen LogP contribution in [0.1, 0.15) is 12.0 Å². The minimum absolute atomic E-state index is 0.306. The topological polar surface area (TPSA) is 67.2 Å². The number of hydrogen-bond donors (Lipinski definition) is 1. The summed E-state index contributed by atoms with van der Waals surface area (Å²) >= 11 is 0. The molecule has 0 radical (unpaired) electrons. The van der Waals surface area contributed by atoms with Crippen molar-refractivity contribution in [2.45, 2.75) is 12.8 Å². The number of fused-ring (bicyclic) bond motifs is 1. The largest absolute Gasteiger partial charge is 0.329 e. The first kappa shape index (κ1) is 8.99. The van der Waals surface area contributed by atoms with Gasteiger partial charge in [0.25, 0.3) is 5.56 Å². The van der Waals surface area contributed by atoms with E-state index in [1.807, 2.05) is 7.85 Å². The summed E-state index contributed by atoms with van der Waals surface area (Å²) in [6.07, 6.45) is 1.45. The number of aromatic amines is 1. The van der Waals surface area contributed by atoms with E-state index in [9.17, 15) is 9.59 Å². The second-order valence-corrected chi connectivity index (χ2v) is 3.47. The van der Waals surface area contributed by atoms with Crippen molar-refractivity contribution in [2.75, 3.05) is 0 Å². The van der Waals surface area contributed by atoms with Crippen LogP contribution in [0.2, 0.25) is 0 Å². The second-order valence-electron chi connectivity index (χ2n) is 3.47. The fraction of sp³-hybridized carbons (Fsp3) is 0.375. The van der Waals surface area contributed by atoms with Gasteiger partial charge in [-0.15, -0.1) is 0 Å². The maximum absolute atomic E-state index is 11.4. The Kier molecular flexibility index (Phi) is 1.91. The summed E-state index contributed by atoms with van der Waals surface area (Å²) < 4.78 is 1.37. The Balaban J connectivity index is 2.84. The maximum atomic E-state index is 11.4. The van der Waals surface area contributed by atoms with E-state index >= 15 is 0 Å². The Labute approximate surface area is 80.9 Å². The Morgan fingerprint density at radius 1 is 1.43 bits per heavy atom. The predicted molar refractivity (Wildman–Crippen MR) is 56.3 cm³/mol. The number of rotatable bonds is 0. The molecule has 1 aromatic heterocycles. The van der Waals surface area contributed by atoms with Crippen molar-refractivity contribution in [2.24, 2.45) is 12.0 Å². The molecule has 0 aromatic carbocycles. The molecular formula is C8H10BN3O2. The lowest BCUT2D eigenvalue weighted by Gasteiger charge is -2.14. The van der Waals surface area contributed by atoms with Crippen molar-refractivity contribution in [1.82, 2.24) is 9.55 Å². The van der Waals surface area contributed by atoms with Crippen molar-refractivity contribution < 1.29 is 0 Å². The first-order chi connectivity index (χ1) is 6.59. The van der Waals surface area contributed by atoms with Gasteiger partial charge in [0.05, 0.1) is 5.56 Å². The van der Waals surface area contributed by atoms with E-state index in [4.69, 9.17) is 0 Å². The van der Waals surface area contributed by atoms with Gasteiger partial charge in [-0.25, -0.2) is 9.79 Å². The molecule has 14 heavy (non-hydrogen) atoms. The molecule has 5 nitrogen and oxygen atoms in total. The fourth-order valence-electron chi connectivity index (χ4n) is 1.57. The molecule has 1 aromatic rings. The van der Waals surface area contributed by atoms with Crippen LogP contribution < -0.4 is 11.2 Å². The molecule has 1 aliphatic rings. The zero-order chi connectivity index (χ0) is 10.3. The van der Waals surface area contributed by atoms with Crippen LogP contribution >= 0.6 is 0 Å². The second kappa shape index (κ2) is 2.97. The normalized spacial score (nSPS) is 14.8. The molecule has 72 valence electrons. The standard InChI is InChI=1S/C8H10BN3O2/c1-12-6-4(2-3-5(9)10-6)7(13)11-8(12)14/h2-3,9H2,1H3,(H,11,13,14). The Morgan fingerprint density at radius 3 is 2.86 bits per heavy atom. The number of hydrogen-bond acceptors (Lipinski definition) is 3. The zero-order valence-corrected chi connectivity index (χ0v) is 8.13. The van der Waals surface area contributed by atoms with Gasteiger partial charge in [0, 0.05) is 7.05 Å². The fourth-order valence-corrected chi connectivity index (χ4v) is 1.57. The lowest BCUT2D eigenvalue weighted by atomic mass is 9.92. The van der Waals surface area contributed by atoms with E-state index in [2.05, 4.69) is 9.98 Å². The summed E-state index contributed by atoms with van der Waals surface area (Å²) in [5.41, 5.74) is 0.849.